The Morgan fingerprint density at radius 1 is 1.11 bits per heavy atom. The molecule has 2 aromatic carbocycles. The molecule has 2 aromatic rings. The van der Waals surface area contributed by atoms with E-state index in [1.54, 1.807) is 12.1 Å². The van der Waals surface area contributed by atoms with Gasteiger partial charge in [-0.25, -0.2) is 4.39 Å². The molecule has 0 saturated carbocycles. The molecule has 0 bridgehead atoms. The molecule has 0 amide bonds. The van der Waals surface area contributed by atoms with Crippen LogP contribution in [0.3, 0.4) is 0 Å². The van der Waals surface area contributed by atoms with E-state index in [9.17, 15) is 4.39 Å². The minimum Gasteiger partial charge on any atom is -0.383 e. The van der Waals surface area contributed by atoms with Crippen molar-refractivity contribution in [1.29, 1.82) is 0 Å². The Hall–Kier alpha value is -1.83. The van der Waals surface area contributed by atoms with Crippen LogP contribution in [0, 0.1) is 12.7 Å². The third kappa shape index (κ3) is 3.82. The summed E-state index contributed by atoms with van der Waals surface area (Å²) in [5.74, 6) is 0.301. The molecule has 0 aliphatic heterocycles. The Labute approximate surface area is 114 Å². The van der Waals surface area contributed by atoms with Crippen molar-refractivity contribution < 1.29 is 4.39 Å². The topological polar surface area (TPSA) is 12.0 Å². The molecule has 1 nitrogen and oxygen atoms in total. The van der Waals surface area contributed by atoms with Gasteiger partial charge in [0.15, 0.2) is 0 Å². The van der Waals surface area contributed by atoms with Gasteiger partial charge in [0, 0.05) is 6.54 Å². The molecule has 0 fully saturated rings. The first-order chi connectivity index (χ1) is 9.16. The van der Waals surface area contributed by atoms with Gasteiger partial charge in [0.1, 0.15) is 5.82 Å². The largest absolute Gasteiger partial charge is 0.383 e. The van der Waals surface area contributed by atoms with Gasteiger partial charge in [0.25, 0.3) is 0 Å². The summed E-state index contributed by atoms with van der Waals surface area (Å²) < 4.78 is 13.6. The Kier molecular flexibility index (Phi) is 4.56. The first-order valence-corrected chi connectivity index (χ1v) is 6.72. The monoisotopic (exact) mass is 257 g/mol. The fourth-order valence-corrected chi connectivity index (χ4v) is 2.14. The van der Waals surface area contributed by atoms with E-state index in [1.807, 2.05) is 19.1 Å². The zero-order chi connectivity index (χ0) is 13.7. The Balaban J connectivity index is 1.86. The molecule has 0 heterocycles. The van der Waals surface area contributed by atoms with E-state index in [0.717, 1.165) is 18.5 Å². The summed E-state index contributed by atoms with van der Waals surface area (Å²) in [6.45, 7) is 4.86. The standard InChI is InChI=1S/C17H20FN/c1-13-8-9-17(16(18)12-13)19-11-10-14(2)15-6-4-3-5-7-15/h3-9,12,14,19H,10-11H2,1-2H3. The third-order valence-corrected chi connectivity index (χ3v) is 3.39. The van der Waals surface area contributed by atoms with Crippen molar-refractivity contribution in [3.63, 3.8) is 0 Å². The normalized spacial score (nSPS) is 12.2. The van der Waals surface area contributed by atoms with Crippen molar-refractivity contribution in [1.82, 2.24) is 0 Å². The second-order valence-electron chi connectivity index (χ2n) is 5.01. The van der Waals surface area contributed by atoms with E-state index in [2.05, 4.69) is 36.5 Å². The lowest BCUT2D eigenvalue weighted by atomic mass is 9.98. The van der Waals surface area contributed by atoms with Gasteiger partial charge in [-0.15, -0.1) is 0 Å². The Morgan fingerprint density at radius 3 is 2.53 bits per heavy atom. The summed E-state index contributed by atoms with van der Waals surface area (Å²) in [6, 6.07) is 15.7. The van der Waals surface area contributed by atoms with E-state index in [-0.39, 0.29) is 5.82 Å². The zero-order valence-corrected chi connectivity index (χ0v) is 11.5. The molecule has 0 aliphatic rings. The first-order valence-electron chi connectivity index (χ1n) is 6.72. The highest BCUT2D eigenvalue weighted by molar-refractivity contribution is 5.46. The molecule has 100 valence electrons. The maximum absolute atomic E-state index is 13.6. The van der Waals surface area contributed by atoms with Crippen molar-refractivity contribution in [2.45, 2.75) is 26.2 Å². The fourth-order valence-electron chi connectivity index (χ4n) is 2.14. The summed E-state index contributed by atoms with van der Waals surface area (Å²) in [5, 5.41) is 3.17. The third-order valence-electron chi connectivity index (χ3n) is 3.39. The quantitative estimate of drug-likeness (QED) is 0.815. The number of hydrogen-bond acceptors (Lipinski definition) is 1. The van der Waals surface area contributed by atoms with Crippen LogP contribution in [0.1, 0.15) is 30.4 Å². The predicted octanol–water partition coefficient (Wildman–Crippen LogP) is 4.74. The summed E-state index contributed by atoms with van der Waals surface area (Å²) in [7, 11) is 0. The molecule has 0 aliphatic carbocycles. The molecule has 0 radical (unpaired) electrons. The molecular weight excluding hydrogens is 237 g/mol. The van der Waals surface area contributed by atoms with E-state index >= 15 is 0 Å². The van der Waals surface area contributed by atoms with Crippen LogP contribution in [0.25, 0.3) is 0 Å². The highest BCUT2D eigenvalue weighted by Gasteiger charge is 2.06. The highest BCUT2D eigenvalue weighted by Crippen LogP contribution is 2.20. The van der Waals surface area contributed by atoms with Crippen LogP contribution in [0.5, 0.6) is 0 Å². The van der Waals surface area contributed by atoms with Crippen molar-refractivity contribution in [3.05, 3.63) is 65.5 Å². The minimum absolute atomic E-state index is 0.174. The summed E-state index contributed by atoms with van der Waals surface area (Å²) >= 11 is 0. The summed E-state index contributed by atoms with van der Waals surface area (Å²) in [4.78, 5) is 0. The second kappa shape index (κ2) is 6.37. The first kappa shape index (κ1) is 13.6. The van der Waals surface area contributed by atoms with E-state index < -0.39 is 0 Å². The molecule has 19 heavy (non-hydrogen) atoms. The van der Waals surface area contributed by atoms with Crippen molar-refractivity contribution in [2.75, 3.05) is 11.9 Å². The molecule has 1 atom stereocenters. The number of rotatable bonds is 5. The van der Waals surface area contributed by atoms with Crippen molar-refractivity contribution >= 4 is 5.69 Å². The number of aryl methyl sites for hydroxylation is 1. The molecule has 0 aromatic heterocycles. The summed E-state index contributed by atoms with van der Waals surface area (Å²) in [5.41, 5.74) is 2.86. The maximum atomic E-state index is 13.6. The van der Waals surface area contributed by atoms with Gasteiger partial charge >= 0.3 is 0 Å². The Bertz CT molecular complexity index is 522. The van der Waals surface area contributed by atoms with Gasteiger partial charge < -0.3 is 5.32 Å². The number of hydrogen-bond donors (Lipinski definition) is 1. The molecular formula is C17H20FN. The molecule has 1 unspecified atom stereocenters. The van der Waals surface area contributed by atoms with Crippen LogP contribution in [-0.4, -0.2) is 6.54 Å². The van der Waals surface area contributed by atoms with Crippen molar-refractivity contribution in [3.8, 4) is 0 Å². The lowest BCUT2D eigenvalue weighted by Gasteiger charge is -2.13. The minimum atomic E-state index is -0.174. The van der Waals surface area contributed by atoms with Gasteiger partial charge in [0.2, 0.25) is 0 Å². The van der Waals surface area contributed by atoms with Crippen LogP contribution in [0.4, 0.5) is 10.1 Å². The fraction of sp³-hybridized carbons (Fsp3) is 0.294. The Morgan fingerprint density at radius 2 is 1.84 bits per heavy atom. The van der Waals surface area contributed by atoms with Gasteiger partial charge in [-0.1, -0.05) is 43.3 Å². The van der Waals surface area contributed by atoms with Crippen LogP contribution in [-0.2, 0) is 0 Å². The van der Waals surface area contributed by atoms with E-state index in [1.165, 1.54) is 5.56 Å². The lowest BCUT2D eigenvalue weighted by molar-refractivity contribution is 0.626. The number of benzene rings is 2. The lowest BCUT2D eigenvalue weighted by Crippen LogP contribution is -2.07. The number of anilines is 1. The van der Waals surface area contributed by atoms with Crippen LogP contribution in [0.15, 0.2) is 48.5 Å². The predicted molar refractivity (Wildman–Crippen MR) is 79.1 cm³/mol. The molecule has 2 heteroatoms. The zero-order valence-electron chi connectivity index (χ0n) is 11.5. The average Bonchev–Trinajstić information content (AvgIpc) is 2.42. The second-order valence-corrected chi connectivity index (χ2v) is 5.01. The molecule has 0 saturated heterocycles. The van der Waals surface area contributed by atoms with Crippen LogP contribution in [0.2, 0.25) is 0 Å². The van der Waals surface area contributed by atoms with Gasteiger partial charge in [-0.2, -0.15) is 0 Å². The van der Waals surface area contributed by atoms with Crippen LogP contribution < -0.4 is 5.32 Å². The van der Waals surface area contributed by atoms with E-state index in [0.29, 0.717) is 11.6 Å². The number of nitrogens with one attached hydrogen (secondary N) is 1. The average molecular weight is 257 g/mol. The van der Waals surface area contributed by atoms with Gasteiger partial charge in [-0.05, 0) is 42.5 Å². The SMILES string of the molecule is Cc1ccc(NCCC(C)c2ccccc2)c(F)c1. The van der Waals surface area contributed by atoms with Gasteiger partial charge in [-0.3, -0.25) is 0 Å². The molecule has 1 N–H and O–H groups in total. The maximum Gasteiger partial charge on any atom is 0.146 e. The van der Waals surface area contributed by atoms with Crippen molar-refractivity contribution in [2.24, 2.45) is 0 Å². The summed E-state index contributed by atoms with van der Waals surface area (Å²) in [6.07, 6.45) is 0.983. The van der Waals surface area contributed by atoms with Gasteiger partial charge in [0.05, 0.1) is 5.69 Å². The number of halogens is 1. The smallest absolute Gasteiger partial charge is 0.146 e. The molecule has 2 rings (SSSR count). The molecule has 0 spiro atoms. The highest BCUT2D eigenvalue weighted by atomic mass is 19.1. The van der Waals surface area contributed by atoms with Crippen LogP contribution >= 0.6 is 0 Å². The van der Waals surface area contributed by atoms with E-state index in [4.69, 9.17) is 0 Å².